The van der Waals surface area contributed by atoms with Crippen LogP contribution in [0.15, 0.2) is 54.6 Å². The zero-order valence-electron chi connectivity index (χ0n) is 15.4. The Labute approximate surface area is 160 Å². The van der Waals surface area contributed by atoms with E-state index < -0.39 is 0 Å². The van der Waals surface area contributed by atoms with Crippen molar-refractivity contribution in [3.05, 3.63) is 65.2 Å². The van der Waals surface area contributed by atoms with Crippen molar-refractivity contribution in [1.82, 2.24) is 9.80 Å². The molecule has 2 aromatic rings. The number of nitrogens with zero attached hydrogens (tertiary/aromatic N) is 2. The molecule has 1 saturated heterocycles. The summed E-state index contributed by atoms with van der Waals surface area (Å²) >= 11 is 6.35. The number of carbonyl (C=O) groups excluding carboxylic acids is 1. The summed E-state index contributed by atoms with van der Waals surface area (Å²) in [7, 11) is 0. The lowest BCUT2D eigenvalue weighted by Gasteiger charge is -2.40. The Hall–Kier alpha value is -1.88. The van der Waals surface area contributed by atoms with Crippen LogP contribution in [0.2, 0.25) is 5.02 Å². The van der Waals surface area contributed by atoms with Gasteiger partial charge in [-0.1, -0.05) is 48.0 Å². The average Bonchev–Trinajstić information content (AvgIpc) is 2.68. The monoisotopic (exact) mass is 371 g/mol. The van der Waals surface area contributed by atoms with E-state index in [1.165, 1.54) is 0 Å². The first kappa shape index (κ1) is 18.9. The maximum absolute atomic E-state index is 12.5. The number of anilines is 1. The molecule has 2 aromatic carbocycles. The minimum absolute atomic E-state index is 0.0452. The van der Waals surface area contributed by atoms with Gasteiger partial charge in [0.1, 0.15) is 0 Å². The predicted molar refractivity (Wildman–Crippen MR) is 108 cm³/mol. The Bertz CT molecular complexity index is 729. The van der Waals surface area contributed by atoms with Gasteiger partial charge in [0, 0.05) is 42.9 Å². The van der Waals surface area contributed by atoms with Crippen molar-refractivity contribution in [3.8, 4) is 0 Å². The zero-order valence-corrected chi connectivity index (χ0v) is 16.1. The van der Waals surface area contributed by atoms with Gasteiger partial charge >= 0.3 is 0 Å². The molecule has 1 heterocycles. The summed E-state index contributed by atoms with van der Waals surface area (Å²) in [5, 5.41) is 3.81. The number of rotatable bonds is 5. The van der Waals surface area contributed by atoms with Gasteiger partial charge in [-0.2, -0.15) is 0 Å². The van der Waals surface area contributed by atoms with Crippen molar-refractivity contribution in [2.75, 3.05) is 31.5 Å². The number of benzene rings is 2. The summed E-state index contributed by atoms with van der Waals surface area (Å²) in [6, 6.07) is 17.8. The van der Waals surface area contributed by atoms with E-state index in [9.17, 15) is 4.79 Å². The first-order valence-electron chi connectivity index (χ1n) is 9.14. The first-order valence-corrected chi connectivity index (χ1v) is 9.52. The van der Waals surface area contributed by atoms with Gasteiger partial charge in [-0.25, -0.2) is 0 Å². The Morgan fingerprint density at radius 2 is 1.50 bits per heavy atom. The first-order chi connectivity index (χ1) is 12.6. The van der Waals surface area contributed by atoms with Crippen molar-refractivity contribution in [3.63, 3.8) is 0 Å². The number of halogens is 1. The second kappa shape index (κ2) is 8.67. The standard InChI is InChI=1S/C21H26ClN3O/c1-16(19-10-6-7-11-20(19)22)24-12-14-25(15-13-24)17(2)21(26)23-18-8-4-3-5-9-18/h3-11,16-17H,12-15H2,1-2H3,(H,23,26). The lowest BCUT2D eigenvalue weighted by molar-refractivity contribution is -0.121. The van der Waals surface area contributed by atoms with Crippen LogP contribution in [0.25, 0.3) is 0 Å². The van der Waals surface area contributed by atoms with Gasteiger partial charge in [0.25, 0.3) is 0 Å². The van der Waals surface area contributed by atoms with E-state index >= 15 is 0 Å². The normalized spacial score (nSPS) is 18.3. The predicted octanol–water partition coefficient (Wildman–Crippen LogP) is 4.05. The number of hydrogen-bond donors (Lipinski definition) is 1. The average molecular weight is 372 g/mol. The van der Waals surface area contributed by atoms with Gasteiger partial charge in [0.15, 0.2) is 0 Å². The van der Waals surface area contributed by atoms with Crippen LogP contribution < -0.4 is 5.32 Å². The molecule has 0 bridgehead atoms. The number of piperazine rings is 1. The Morgan fingerprint density at radius 1 is 0.923 bits per heavy atom. The van der Waals surface area contributed by atoms with E-state index in [-0.39, 0.29) is 18.0 Å². The van der Waals surface area contributed by atoms with Gasteiger partial charge < -0.3 is 5.32 Å². The molecule has 1 N–H and O–H groups in total. The molecule has 5 heteroatoms. The smallest absolute Gasteiger partial charge is 0.241 e. The fraction of sp³-hybridized carbons (Fsp3) is 0.381. The molecule has 4 nitrogen and oxygen atoms in total. The van der Waals surface area contributed by atoms with Crippen molar-refractivity contribution in [1.29, 1.82) is 0 Å². The third kappa shape index (κ3) is 4.44. The number of amides is 1. The highest BCUT2D eigenvalue weighted by atomic mass is 35.5. The third-order valence-electron chi connectivity index (χ3n) is 5.22. The molecule has 0 saturated carbocycles. The maximum Gasteiger partial charge on any atom is 0.241 e. The highest BCUT2D eigenvalue weighted by Gasteiger charge is 2.28. The Morgan fingerprint density at radius 3 is 2.15 bits per heavy atom. The van der Waals surface area contributed by atoms with Gasteiger partial charge in [-0.3, -0.25) is 14.6 Å². The Kier molecular flexibility index (Phi) is 6.30. The minimum atomic E-state index is -0.145. The molecule has 1 amide bonds. The molecular weight excluding hydrogens is 346 g/mol. The quantitative estimate of drug-likeness (QED) is 0.861. The molecule has 2 atom stereocenters. The second-order valence-electron chi connectivity index (χ2n) is 6.80. The van der Waals surface area contributed by atoms with Crippen LogP contribution in [0.3, 0.4) is 0 Å². The summed E-state index contributed by atoms with van der Waals surface area (Å²) in [6.07, 6.45) is 0. The van der Waals surface area contributed by atoms with Crippen LogP contribution in [0.5, 0.6) is 0 Å². The zero-order chi connectivity index (χ0) is 18.5. The van der Waals surface area contributed by atoms with Crippen LogP contribution in [0.1, 0.15) is 25.5 Å². The van der Waals surface area contributed by atoms with Gasteiger partial charge in [-0.05, 0) is 37.6 Å². The number of hydrogen-bond acceptors (Lipinski definition) is 3. The lowest BCUT2D eigenvalue weighted by atomic mass is 10.1. The summed E-state index contributed by atoms with van der Waals surface area (Å²) < 4.78 is 0. The summed E-state index contributed by atoms with van der Waals surface area (Å²) in [5.74, 6) is 0.0452. The SMILES string of the molecule is CC(C(=O)Nc1ccccc1)N1CCN(C(C)c2ccccc2Cl)CC1. The largest absolute Gasteiger partial charge is 0.325 e. The fourth-order valence-electron chi connectivity index (χ4n) is 3.46. The third-order valence-corrected chi connectivity index (χ3v) is 5.56. The second-order valence-corrected chi connectivity index (χ2v) is 7.21. The Balaban J connectivity index is 1.54. The summed E-state index contributed by atoms with van der Waals surface area (Å²) in [5.41, 5.74) is 2.01. The lowest BCUT2D eigenvalue weighted by Crippen LogP contribution is -2.53. The van der Waals surface area contributed by atoms with Crippen molar-refractivity contribution in [2.24, 2.45) is 0 Å². The molecule has 2 unspecified atom stereocenters. The molecule has 0 radical (unpaired) electrons. The minimum Gasteiger partial charge on any atom is -0.325 e. The molecule has 3 rings (SSSR count). The number of carbonyl (C=O) groups is 1. The highest BCUT2D eigenvalue weighted by molar-refractivity contribution is 6.31. The van der Waals surface area contributed by atoms with Crippen LogP contribution >= 0.6 is 11.6 Å². The van der Waals surface area contributed by atoms with Crippen LogP contribution in [-0.4, -0.2) is 47.9 Å². The number of nitrogens with one attached hydrogen (secondary N) is 1. The van der Waals surface area contributed by atoms with E-state index in [0.717, 1.165) is 42.5 Å². The molecule has 26 heavy (non-hydrogen) atoms. The van der Waals surface area contributed by atoms with Crippen molar-refractivity contribution >= 4 is 23.2 Å². The molecule has 1 aliphatic heterocycles. The van der Waals surface area contributed by atoms with Gasteiger partial charge in [0.2, 0.25) is 5.91 Å². The molecule has 0 spiro atoms. The van der Waals surface area contributed by atoms with E-state index in [1.807, 2.05) is 55.5 Å². The van der Waals surface area contributed by atoms with E-state index in [4.69, 9.17) is 11.6 Å². The molecule has 138 valence electrons. The van der Waals surface area contributed by atoms with Gasteiger partial charge in [0.05, 0.1) is 6.04 Å². The fourth-order valence-corrected chi connectivity index (χ4v) is 3.75. The van der Waals surface area contributed by atoms with Crippen LogP contribution in [-0.2, 0) is 4.79 Å². The molecule has 1 fully saturated rings. The van der Waals surface area contributed by atoms with Crippen molar-refractivity contribution < 1.29 is 4.79 Å². The maximum atomic E-state index is 12.5. The highest BCUT2D eigenvalue weighted by Crippen LogP contribution is 2.28. The summed E-state index contributed by atoms with van der Waals surface area (Å²) in [6.45, 7) is 7.77. The van der Waals surface area contributed by atoms with E-state index in [2.05, 4.69) is 28.1 Å². The van der Waals surface area contributed by atoms with E-state index in [0.29, 0.717) is 0 Å². The van der Waals surface area contributed by atoms with Crippen molar-refractivity contribution in [2.45, 2.75) is 25.9 Å². The molecule has 0 aromatic heterocycles. The molecular formula is C21H26ClN3O. The summed E-state index contributed by atoms with van der Waals surface area (Å²) in [4.78, 5) is 17.2. The molecule has 0 aliphatic carbocycles. The van der Waals surface area contributed by atoms with Crippen LogP contribution in [0.4, 0.5) is 5.69 Å². The topological polar surface area (TPSA) is 35.6 Å². The molecule has 1 aliphatic rings. The van der Waals surface area contributed by atoms with Gasteiger partial charge in [-0.15, -0.1) is 0 Å². The number of para-hydroxylation sites is 1. The van der Waals surface area contributed by atoms with E-state index in [1.54, 1.807) is 0 Å². The van der Waals surface area contributed by atoms with Crippen LogP contribution in [0, 0.1) is 0 Å².